The predicted octanol–water partition coefficient (Wildman–Crippen LogP) is 1.23. The highest BCUT2D eigenvalue weighted by atomic mass is 16.5. The van der Waals surface area contributed by atoms with Crippen LogP contribution in [0.25, 0.3) is 0 Å². The molecular weight excluding hydrogens is 204 g/mol. The summed E-state index contributed by atoms with van der Waals surface area (Å²) in [4.78, 5) is 12.7. The first-order chi connectivity index (χ1) is 7.45. The summed E-state index contributed by atoms with van der Waals surface area (Å²) >= 11 is 0. The molecule has 1 aromatic rings. The minimum Gasteiger partial charge on any atom is -0.496 e. The van der Waals surface area contributed by atoms with Crippen molar-refractivity contribution in [1.29, 1.82) is 0 Å². The van der Waals surface area contributed by atoms with Gasteiger partial charge in [-0.05, 0) is 37.1 Å². The van der Waals surface area contributed by atoms with Crippen molar-refractivity contribution in [1.82, 2.24) is 0 Å². The first-order valence-corrected chi connectivity index (χ1v) is 5.10. The molecule has 1 rings (SSSR count). The Hall–Kier alpha value is -1.71. The highest BCUT2D eigenvalue weighted by Gasteiger charge is 2.10. The summed E-state index contributed by atoms with van der Waals surface area (Å²) in [6.07, 6.45) is 0. The number of anilines is 1. The van der Waals surface area contributed by atoms with Gasteiger partial charge in [0.25, 0.3) is 0 Å². The molecule has 0 aliphatic rings. The Morgan fingerprint density at radius 1 is 1.38 bits per heavy atom. The van der Waals surface area contributed by atoms with Gasteiger partial charge in [0.1, 0.15) is 5.75 Å². The monoisotopic (exact) mass is 222 g/mol. The third-order valence-corrected chi connectivity index (χ3v) is 2.52. The number of amides is 1. The van der Waals surface area contributed by atoms with Crippen molar-refractivity contribution in [3.63, 3.8) is 0 Å². The van der Waals surface area contributed by atoms with Crippen LogP contribution in [0.15, 0.2) is 12.1 Å². The summed E-state index contributed by atoms with van der Waals surface area (Å²) in [5, 5.41) is 0. The maximum Gasteiger partial charge on any atom is 0.236 e. The Balaban J connectivity index is 3.05. The molecular formula is C12H18N2O2. The van der Waals surface area contributed by atoms with Gasteiger partial charge in [-0.15, -0.1) is 0 Å². The second-order valence-electron chi connectivity index (χ2n) is 3.93. The third kappa shape index (κ3) is 2.66. The van der Waals surface area contributed by atoms with Crippen molar-refractivity contribution in [3.05, 3.63) is 23.3 Å². The Morgan fingerprint density at radius 3 is 2.50 bits per heavy atom. The molecule has 1 amide bonds. The van der Waals surface area contributed by atoms with Crippen LogP contribution in [0.4, 0.5) is 5.69 Å². The first-order valence-electron chi connectivity index (χ1n) is 5.10. The predicted molar refractivity (Wildman–Crippen MR) is 64.9 cm³/mol. The van der Waals surface area contributed by atoms with Gasteiger partial charge in [-0.25, -0.2) is 0 Å². The molecule has 0 bridgehead atoms. The molecule has 4 nitrogen and oxygen atoms in total. The Bertz CT molecular complexity index is 402. The zero-order valence-electron chi connectivity index (χ0n) is 10.2. The fraction of sp³-hybridized carbons (Fsp3) is 0.417. The lowest BCUT2D eigenvalue weighted by atomic mass is 10.1. The maximum atomic E-state index is 10.9. The highest BCUT2D eigenvalue weighted by Crippen LogP contribution is 2.27. The topological polar surface area (TPSA) is 55.6 Å². The molecule has 16 heavy (non-hydrogen) atoms. The summed E-state index contributed by atoms with van der Waals surface area (Å²) in [5.74, 6) is 0.518. The SMILES string of the molecule is COc1cc(C)c(N(C)CC(N)=O)cc1C. The Morgan fingerprint density at radius 2 is 2.00 bits per heavy atom. The molecule has 88 valence electrons. The number of hydrogen-bond acceptors (Lipinski definition) is 3. The van der Waals surface area contributed by atoms with Crippen LogP contribution in [0.3, 0.4) is 0 Å². The molecule has 2 N–H and O–H groups in total. The number of carbonyl (C=O) groups is 1. The Kier molecular flexibility index (Phi) is 3.77. The van der Waals surface area contributed by atoms with Gasteiger partial charge in [-0.3, -0.25) is 4.79 Å². The zero-order valence-corrected chi connectivity index (χ0v) is 10.2. The number of nitrogens with two attached hydrogens (primary N) is 1. The summed E-state index contributed by atoms with van der Waals surface area (Å²) < 4.78 is 5.23. The van der Waals surface area contributed by atoms with E-state index in [1.54, 1.807) is 7.11 Å². The molecule has 0 aliphatic carbocycles. The lowest BCUT2D eigenvalue weighted by Gasteiger charge is -2.21. The van der Waals surface area contributed by atoms with Crippen molar-refractivity contribution in [2.24, 2.45) is 5.73 Å². The van der Waals surface area contributed by atoms with E-state index in [1.165, 1.54) is 0 Å². The number of primary amides is 1. The average Bonchev–Trinajstić information content (AvgIpc) is 2.19. The van der Waals surface area contributed by atoms with E-state index in [-0.39, 0.29) is 12.5 Å². The maximum absolute atomic E-state index is 10.9. The fourth-order valence-electron chi connectivity index (χ4n) is 1.72. The molecule has 0 aromatic heterocycles. The smallest absolute Gasteiger partial charge is 0.236 e. The number of rotatable bonds is 4. The van der Waals surface area contributed by atoms with Gasteiger partial charge in [-0.1, -0.05) is 0 Å². The van der Waals surface area contributed by atoms with Crippen molar-refractivity contribution in [3.8, 4) is 5.75 Å². The number of benzene rings is 1. The lowest BCUT2D eigenvalue weighted by Crippen LogP contribution is -2.30. The molecule has 0 spiro atoms. The summed E-state index contributed by atoms with van der Waals surface area (Å²) in [6.45, 7) is 4.17. The normalized spacial score (nSPS) is 10.0. The molecule has 1 aromatic carbocycles. The molecule has 0 saturated carbocycles. The molecule has 0 heterocycles. The Labute approximate surface area is 96.0 Å². The molecule has 0 fully saturated rings. The van der Waals surface area contributed by atoms with E-state index in [1.807, 2.05) is 37.9 Å². The molecule has 0 radical (unpaired) electrons. The van der Waals surface area contributed by atoms with Crippen LogP contribution in [-0.4, -0.2) is 26.6 Å². The number of hydrogen-bond donors (Lipinski definition) is 1. The number of methoxy groups -OCH3 is 1. The van der Waals surface area contributed by atoms with E-state index in [4.69, 9.17) is 10.5 Å². The summed E-state index contributed by atoms with van der Waals surface area (Å²) in [7, 11) is 3.49. The minimum absolute atomic E-state index is 0.215. The van der Waals surface area contributed by atoms with Gasteiger partial charge in [0.05, 0.1) is 13.7 Å². The number of likely N-dealkylation sites (N-methyl/N-ethyl adjacent to an activating group) is 1. The fourth-order valence-corrected chi connectivity index (χ4v) is 1.72. The standard InChI is InChI=1S/C12H18N2O2/c1-8-6-11(16-4)9(2)5-10(8)14(3)7-12(13)15/h5-6H,7H2,1-4H3,(H2,13,15). The largest absolute Gasteiger partial charge is 0.496 e. The third-order valence-electron chi connectivity index (χ3n) is 2.52. The van der Waals surface area contributed by atoms with Crippen molar-refractivity contribution in [2.45, 2.75) is 13.8 Å². The van der Waals surface area contributed by atoms with E-state index in [0.29, 0.717) is 0 Å². The molecule has 0 unspecified atom stereocenters. The van der Waals surface area contributed by atoms with Crippen LogP contribution in [-0.2, 0) is 4.79 Å². The van der Waals surface area contributed by atoms with Crippen LogP contribution in [0.2, 0.25) is 0 Å². The van der Waals surface area contributed by atoms with Gasteiger partial charge in [0, 0.05) is 12.7 Å². The zero-order chi connectivity index (χ0) is 12.3. The van der Waals surface area contributed by atoms with Crippen LogP contribution >= 0.6 is 0 Å². The van der Waals surface area contributed by atoms with E-state index in [2.05, 4.69) is 0 Å². The molecule has 0 saturated heterocycles. The quantitative estimate of drug-likeness (QED) is 0.833. The van der Waals surface area contributed by atoms with E-state index < -0.39 is 0 Å². The van der Waals surface area contributed by atoms with E-state index in [0.717, 1.165) is 22.6 Å². The van der Waals surface area contributed by atoms with Crippen molar-refractivity contribution < 1.29 is 9.53 Å². The number of ether oxygens (including phenoxy) is 1. The van der Waals surface area contributed by atoms with Gasteiger partial charge in [0.15, 0.2) is 0 Å². The van der Waals surface area contributed by atoms with E-state index >= 15 is 0 Å². The van der Waals surface area contributed by atoms with Crippen molar-refractivity contribution >= 4 is 11.6 Å². The number of nitrogens with zero attached hydrogens (tertiary/aromatic N) is 1. The second-order valence-corrected chi connectivity index (χ2v) is 3.93. The molecule has 0 aliphatic heterocycles. The second kappa shape index (κ2) is 4.88. The van der Waals surface area contributed by atoms with Gasteiger partial charge < -0.3 is 15.4 Å². The number of aryl methyl sites for hydroxylation is 2. The van der Waals surface area contributed by atoms with Crippen LogP contribution in [0.1, 0.15) is 11.1 Å². The summed E-state index contributed by atoms with van der Waals surface area (Å²) in [5.41, 5.74) is 8.27. The van der Waals surface area contributed by atoms with Gasteiger partial charge in [-0.2, -0.15) is 0 Å². The van der Waals surface area contributed by atoms with E-state index in [9.17, 15) is 4.79 Å². The van der Waals surface area contributed by atoms with Crippen LogP contribution in [0.5, 0.6) is 5.75 Å². The lowest BCUT2D eigenvalue weighted by molar-refractivity contribution is -0.116. The summed E-state index contributed by atoms with van der Waals surface area (Å²) in [6, 6.07) is 3.96. The first kappa shape index (κ1) is 12.4. The number of carbonyl (C=O) groups excluding carboxylic acids is 1. The average molecular weight is 222 g/mol. The van der Waals surface area contributed by atoms with Gasteiger partial charge in [0.2, 0.25) is 5.91 Å². The van der Waals surface area contributed by atoms with Gasteiger partial charge >= 0.3 is 0 Å². The molecule has 0 atom stereocenters. The molecule has 4 heteroatoms. The van der Waals surface area contributed by atoms with Crippen LogP contribution < -0.4 is 15.4 Å². The highest BCUT2D eigenvalue weighted by molar-refractivity contribution is 5.80. The van der Waals surface area contributed by atoms with Crippen molar-refractivity contribution in [2.75, 3.05) is 25.6 Å². The van der Waals surface area contributed by atoms with Crippen LogP contribution in [0, 0.1) is 13.8 Å². The minimum atomic E-state index is -0.338.